The second-order valence-corrected chi connectivity index (χ2v) is 7.31. The van der Waals surface area contributed by atoms with Gasteiger partial charge in [0, 0.05) is 20.2 Å². The van der Waals surface area contributed by atoms with E-state index in [1.165, 1.54) is 18.0 Å². The van der Waals surface area contributed by atoms with Gasteiger partial charge in [0.05, 0.1) is 28.0 Å². The summed E-state index contributed by atoms with van der Waals surface area (Å²) >= 11 is 0. The summed E-state index contributed by atoms with van der Waals surface area (Å²) in [6, 6.07) is 0.854. The highest BCUT2D eigenvalue weighted by Crippen LogP contribution is 2.56. The zero-order valence-corrected chi connectivity index (χ0v) is 15.2. The monoisotopic (exact) mass is 374 g/mol. The number of carbonyl (C=O) groups excluding carboxylic acids is 1. The molecule has 1 aliphatic heterocycles. The van der Waals surface area contributed by atoms with Gasteiger partial charge in [-0.05, 0) is 25.8 Å². The van der Waals surface area contributed by atoms with Crippen LogP contribution >= 0.6 is 0 Å². The number of hydrogen-bond donors (Lipinski definition) is 1. The molecule has 0 unspecified atom stereocenters. The Bertz CT molecular complexity index is 1070. The number of amides is 1. The van der Waals surface area contributed by atoms with E-state index < -0.39 is 28.3 Å². The van der Waals surface area contributed by atoms with E-state index in [1.54, 1.807) is 11.6 Å². The smallest absolute Gasteiger partial charge is 0.341 e. The molecule has 2 aromatic rings. The van der Waals surface area contributed by atoms with E-state index in [0.717, 1.165) is 6.07 Å². The summed E-state index contributed by atoms with van der Waals surface area (Å²) in [5, 5.41) is 9.30. The minimum Gasteiger partial charge on any atom is -0.489 e. The molecular weight excluding hydrogens is 355 g/mol. The van der Waals surface area contributed by atoms with Crippen LogP contribution in [0, 0.1) is 5.82 Å². The highest BCUT2D eigenvalue weighted by atomic mass is 19.1. The average molecular weight is 374 g/mol. The molecule has 1 aromatic heterocycles. The van der Waals surface area contributed by atoms with Crippen LogP contribution in [0.1, 0.15) is 48.7 Å². The molecule has 0 bridgehead atoms. The molecule has 1 atom stereocenters. The molecule has 1 saturated carbocycles. The molecule has 1 aliphatic carbocycles. The highest BCUT2D eigenvalue weighted by molar-refractivity contribution is 5.95. The maximum absolute atomic E-state index is 15.2. The third-order valence-corrected chi connectivity index (χ3v) is 5.70. The maximum atomic E-state index is 15.2. The number of nitrogens with zero attached hydrogens (tertiary/aromatic N) is 2. The first-order valence-electron chi connectivity index (χ1n) is 8.71. The molecule has 2 aliphatic rings. The highest BCUT2D eigenvalue weighted by Gasteiger charge is 2.53. The van der Waals surface area contributed by atoms with Crippen LogP contribution in [0.5, 0.6) is 5.75 Å². The van der Waals surface area contributed by atoms with Gasteiger partial charge in [-0.3, -0.25) is 9.59 Å². The van der Waals surface area contributed by atoms with Crippen LogP contribution in [0.3, 0.4) is 0 Å². The van der Waals surface area contributed by atoms with Gasteiger partial charge in [-0.2, -0.15) is 0 Å². The molecule has 1 N–H and O–H groups in total. The Kier molecular flexibility index (Phi) is 3.60. The second kappa shape index (κ2) is 5.55. The number of pyridine rings is 1. The predicted octanol–water partition coefficient (Wildman–Crippen LogP) is 2.26. The fourth-order valence-electron chi connectivity index (χ4n) is 3.98. The summed E-state index contributed by atoms with van der Waals surface area (Å²) in [6.07, 6.45) is 2.48. The van der Waals surface area contributed by atoms with Gasteiger partial charge in [-0.15, -0.1) is 0 Å². The topological polar surface area (TPSA) is 88.8 Å². The summed E-state index contributed by atoms with van der Waals surface area (Å²) < 4.78 is 22.7. The number of rotatable bonds is 3. The molecule has 142 valence electrons. The number of aromatic nitrogens is 1. The van der Waals surface area contributed by atoms with Gasteiger partial charge in [-0.25, -0.2) is 9.18 Å². The van der Waals surface area contributed by atoms with Crippen molar-refractivity contribution in [1.29, 1.82) is 0 Å². The van der Waals surface area contributed by atoms with Crippen molar-refractivity contribution in [3.8, 4) is 5.75 Å². The zero-order chi connectivity index (χ0) is 19.7. The van der Waals surface area contributed by atoms with E-state index in [2.05, 4.69) is 0 Å². The van der Waals surface area contributed by atoms with Gasteiger partial charge in [0.25, 0.3) is 0 Å². The lowest BCUT2D eigenvalue weighted by molar-refractivity contribution is -0.130. The van der Waals surface area contributed by atoms with E-state index in [0.29, 0.717) is 18.4 Å². The molecule has 1 fully saturated rings. The SMILES string of the molecule is CC(=O)N(C)C1(c2c(F)cc3c(=O)c(C(=O)O)cn4c3c2OC[C@@H]4C)CC1. The van der Waals surface area contributed by atoms with Crippen molar-refractivity contribution in [2.75, 3.05) is 13.7 Å². The number of benzene rings is 1. The van der Waals surface area contributed by atoms with Crippen LogP contribution in [0.2, 0.25) is 0 Å². The number of carboxylic acid groups (broad SMARTS) is 1. The summed E-state index contributed by atoms with van der Waals surface area (Å²) in [4.78, 5) is 37.5. The average Bonchev–Trinajstić information content (AvgIpc) is 3.39. The number of aromatic carboxylic acids is 1. The van der Waals surface area contributed by atoms with Gasteiger partial charge < -0.3 is 19.3 Å². The van der Waals surface area contributed by atoms with Crippen molar-refractivity contribution in [2.45, 2.75) is 38.3 Å². The Balaban J connectivity index is 2.10. The zero-order valence-electron chi connectivity index (χ0n) is 15.2. The van der Waals surface area contributed by atoms with Gasteiger partial charge in [0.2, 0.25) is 11.3 Å². The number of carboxylic acids is 1. The minimum absolute atomic E-state index is 0.0287. The van der Waals surface area contributed by atoms with Gasteiger partial charge in [0.1, 0.15) is 18.0 Å². The Morgan fingerprint density at radius 3 is 2.63 bits per heavy atom. The van der Waals surface area contributed by atoms with Crippen molar-refractivity contribution in [3.63, 3.8) is 0 Å². The molecule has 4 rings (SSSR count). The molecule has 2 heterocycles. The van der Waals surface area contributed by atoms with Gasteiger partial charge >= 0.3 is 5.97 Å². The third kappa shape index (κ3) is 2.28. The summed E-state index contributed by atoms with van der Waals surface area (Å²) in [7, 11) is 1.62. The molecule has 8 heteroatoms. The summed E-state index contributed by atoms with van der Waals surface area (Å²) in [5.41, 5.74) is -1.31. The second-order valence-electron chi connectivity index (χ2n) is 7.31. The van der Waals surface area contributed by atoms with Crippen molar-refractivity contribution in [2.24, 2.45) is 0 Å². The van der Waals surface area contributed by atoms with Gasteiger partial charge in [0.15, 0.2) is 5.75 Å². The fraction of sp³-hybridized carbons (Fsp3) is 0.421. The number of hydrogen-bond acceptors (Lipinski definition) is 4. The van der Waals surface area contributed by atoms with E-state index in [9.17, 15) is 19.5 Å². The lowest BCUT2D eigenvalue weighted by Crippen LogP contribution is -2.37. The molecule has 27 heavy (non-hydrogen) atoms. The van der Waals surface area contributed by atoms with Crippen molar-refractivity contribution in [3.05, 3.63) is 39.4 Å². The van der Waals surface area contributed by atoms with E-state index >= 15 is 4.39 Å². The predicted molar refractivity (Wildman–Crippen MR) is 94.7 cm³/mol. The number of ether oxygens (including phenoxy) is 1. The third-order valence-electron chi connectivity index (χ3n) is 5.70. The van der Waals surface area contributed by atoms with Crippen LogP contribution in [0.15, 0.2) is 17.1 Å². The lowest BCUT2D eigenvalue weighted by atomic mass is 9.96. The summed E-state index contributed by atoms with van der Waals surface area (Å²) in [5.74, 6) is -1.99. The van der Waals surface area contributed by atoms with E-state index in [-0.39, 0.29) is 35.3 Å². The molecule has 7 nitrogen and oxygen atoms in total. The van der Waals surface area contributed by atoms with E-state index in [1.807, 2.05) is 6.92 Å². The molecule has 1 aromatic carbocycles. The Morgan fingerprint density at radius 2 is 2.07 bits per heavy atom. The van der Waals surface area contributed by atoms with Crippen LogP contribution in [-0.2, 0) is 10.3 Å². The van der Waals surface area contributed by atoms with E-state index in [4.69, 9.17) is 4.74 Å². The van der Waals surface area contributed by atoms with Gasteiger partial charge in [-0.1, -0.05) is 0 Å². The molecule has 0 radical (unpaired) electrons. The maximum Gasteiger partial charge on any atom is 0.341 e. The molecule has 0 saturated heterocycles. The summed E-state index contributed by atoms with van der Waals surface area (Å²) in [6.45, 7) is 3.46. The Morgan fingerprint density at radius 1 is 1.41 bits per heavy atom. The molecule has 1 amide bonds. The number of carbonyl (C=O) groups is 2. The standard InChI is InChI=1S/C19H19FN2O5/c1-9-8-27-17-14(19(4-5-19)21(3)10(2)23)13(20)6-11-15(17)22(9)7-12(16(11)24)18(25)26/h6-7,9H,4-5,8H2,1-3H3,(H,25,26)/t9-/m0/s1. The van der Waals surface area contributed by atoms with Crippen LogP contribution in [0.25, 0.3) is 10.9 Å². The largest absolute Gasteiger partial charge is 0.489 e. The first-order valence-corrected chi connectivity index (χ1v) is 8.71. The lowest BCUT2D eigenvalue weighted by Gasteiger charge is -2.33. The Hall–Kier alpha value is -2.90. The molecular formula is C19H19FN2O5. The van der Waals surface area contributed by atoms with Crippen LogP contribution < -0.4 is 10.2 Å². The first-order chi connectivity index (χ1) is 12.7. The van der Waals surface area contributed by atoms with Crippen LogP contribution in [-0.4, -0.2) is 40.1 Å². The van der Waals surface area contributed by atoms with Crippen LogP contribution in [0.4, 0.5) is 4.39 Å². The quantitative estimate of drug-likeness (QED) is 0.890. The van der Waals surface area contributed by atoms with Crippen molar-refractivity contribution >= 4 is 22.8 Å². The number of halogens is 1. The minimum atomic E-state index is -1.36. The normalized spacial score (nSPS) is 19.5. The first kappa shape index (κ1) is 17.5. The molecule has 0 spiro atoms. The fourth-order valence-corrected chi connectivity index (χ4v) is 3.98. The Labute approximate surface area is 153 Å². The van der Waals surface area contributed by atoms with Crippen molar-refractivity contribution < 1.29 is 23.8 Å². The van der Waals surface area contributed by atoms with Crippen molar-refractivity contribution in [1.82, 2.24) is 9.47 Å².